The van der Waals surface area contributed by atoms with Gasteiger partial charge in [-0.25, -0.2) is 23.7 Å². The van der Waals surface area contributed by atoms with Crippen molar-refractivity contribution in [2.45, 2.75) is 59.0 Å². The summed E-state index contributed by atoms with van der Waals surface area (Å²) >= 11 is 0. The summed E-state index contributed by atoms with van der Waals surface area (Å²) < 4.78 is 35.6. The molecule has 1 atom stereocenters. The lowest BCUT2D eigenvalue weighted by molar-refractivity contribution is -0.0882. The number of nitrogens with zero attached hydrogens (tertiary/aromatic N) is 5. The topological polar surface area (TPSA) is 78.4 Å². The van der Waals surface area contributed by atoms with Crippen molar-refractivity contribution in [1.29, 1.82) is 0 Å². The SMILES string of the molecule is CC(C)N1c2cc(-c3nc(Nc4ccc(CN5CCOC(C)(C)C5)cn4)ncc3F)cc(F)c2NC1C. The van der Waals surface area contributed by atoms with Crippen LogP contribution in [0.3, 0.4) is 0 Å². The summed E-state index contributed by atoms with van der Waals surface area (Å²) in [6, 6.07) is 7.04. The summed E-state index contributed by atoms with van der Waals surface area (Å²) in [5, 5.41) is 6.20. The lowest BCUT2D eigenvalue weighted by atomic mass is 10.1. The third-order valence-electron chi connectivity index (χ3n) is 6.67. The number of hydrogen-bond donors (Lipinski definition) is 2. The molecule has 37 heavy (non-hydrogen) atoms. The molecule has 2 aliphatic rings. The van der Waals surface area contributed by atoms with E-state index in [9.17, 15) is 8.78 Å². The van der Waals surface area contributed by atoms with Gasteiger partial charge in [0.1, 0.15) is 17.3 Å². The Morgan fingerprint density at radius 2 is 1.97 bits per heavy atom. The van der Waals surface area contributed by atoms with Gasteiger partial charge in [-0.15, -0.1) is 0 Å². The zero-order valence-electron chi connectivity index (χ0n) is 21.8. The van der Waals surface area contributed by atoms with Crippen molar-refractivity contribution >= 4 is 23.1 Å². The lowest BCUT2D eigenvalue weighted by Gasteiger charge is -2.38. The van der Waals surface area contributed by atoms with E-state index in [-0.39, 0.29) is 29.5 Å². The molecule has 0 saturated carbocycles. The van der Waals surface area contributed by atoms with Crippen molar-refractivity contribution in [3.8, 4) is 11.3 Å². The third-order valence-corrected chi connectivity index (χ3v) is 6.67. The second kappa shape index (κ2) is 9.83. The molecule has 1 aromatic carbocycles. The molecule has 0 aliphatic carbocycles. The van der Waals surface area contributed by atoms with Crippen LogP contribution in [0.25, 0.3) is 11.3 Å². The van der Waals surface area contributed by atoms with Crippen LogP contribution < -0.4 is 15.5 Å². The fourth-order valence-corrected chi connectivity index (χ4v) is 5.13. The molecule has 4 heterocycles. The molecule has 0 bridgehead atoms. The fourth-order valence-electron chi connectivity index (χ4n) is 5.13. The highest BCUT2D eigenvalue weighted by Gasteiger charge is 2.31. The van der Waals surface area contributed by atoms with Gasteiger partial charge in [0, 0.05) is 37.4 Å². The number of fused-ring (bicyclic) bond motifs is 1. The van der Waals surface area contributed by atoms with Gasteiger partial charge in [0.05, 0.1) is 35.9 Å². The smallest absolute Gasteiger partial charge is 0.229 e. The van der Waals surface area contributed by atoms with E-state index in [0.29, 0.717) is 29.4 Å². The van der Waals surface area contributed by atoms with E-state index in [1.54, 1.807) is 12.3 Å². The molecular weight excluding hydrogens is 476 g/mol. The number of anilines is 4. The highest BCUT2D eigenvalue weighted by Crippen LogP contribution is 2.41. The van der Waals surface area contributed by atoms with Gasteiger partial charge in [0.2, 0.25) is 5.95 Å². The first-order valence-electron chi connectivity index (χ1n) is 12.6. The molecule has 0 spiro atoms. The van der Waals surface area contributed by atoms with E-state index in [2.05, 4.69) is 49.2 Å². The van der Waals surface area contributed by atoms with Crippen molar-refractivity contribution in [2.24, 2.45) is 0 Å². The maximum Gasteiger partial charge on any atom is 0.229 e. The van der Waals surface area contributed by atoms with E-state index in [4.69, 9.17) is 4.74 Å². The van der Waals surface area contributed by atoms with Crippen molar-refractivity contribution in [3.63, 3.8) is 0 Å². The van der Waals surface area contributed by atoms with Crippen molar-refractivity contribution < 1.29 is 13.5 Å². The highest BCUT2D eigenvalue weighted by molar-refractivity contribution is 5.82. The number of benzene rings is 1. The summed E-state index contributed by atoms with van der Waals surface area (Å²) in [6.45, 7) is 13.4. The molecule has 2 aromatic heterocycles. The van der Waals surface area contributed by atoms with Gasteiger partial charge >= 0.3 is 0 Å². The molecule has 8 nitrogen and oxygen atoms in total. The molecule has 3 aromatic rings. The number of morpholine rings is 1. The van der Waals surface area contributed by atoms with Crippen LogP contribution in [-0.4, -0.2) is 57.4 Å². The minimum atomic E-state index is -0.628. The second-order valence-electron chi connectivity index (χ2n) is 10.6. The van der Waals surface area contributed by atoms with E-state index < -0.39 is 11.6 Å². The average molecular weight is 510 g/mol. The number of ether oxygens (including phenoxy) is 1. The average Bonchev–Trinajstić information content (AvgIpc) is 3.17. The monoisotopic (exact) mass is 509 g/mol. The molecule has 5 rings (SSSR count). The lowest BCUT2D eigenvalue weighted by Crippen LogP contribution is -2.47. The number of rotatable bonds is 6. The quantitative estimate of drug-likeness (QED) is 0.472. The van der Waals surface area contributed by atoms with Crippen LogP contribution in [0, 0.1) is 11.6 Å². The predicted octanol–water partition coefficient (Wildman–Crippen LogP) is 5.16. The first kappa shape index (κ1) is 25.3. The van der Waals surface area contributed by atoms with Gasteiger partial charge in [0.25, 0.3) is 0 Å². The highest BCUT2D eigenvalue weighted by atomic mass is 19.1. The van der Waals surface area contributed by atoms with Crippen LogP contribution in [0.5, 0.6) is 0 Å². The molecule has 196 valence electrons. The zero-order chi connectivity index (χ0) is 26.3. The van der Waals surface area contributed by atoms with Crippen molar-refractivity contribution in [3.05, 3.63) is 53.9 Å². The molecule has 2 N–H and O–H groups in total. The van der Waals surface area contributed by atoms with Gasteiger partial charge in [-0.2, -0.15) is 0 Å². The van der Waals surface area contributed by atoms with Crippen LogP contribution in [0.2, 0.25) is 0 Å². The number of aromatic nitrogens is 3. The molecule has 0 amide bonds. The normalized spacial score (nSPS) is 19.1. The number of halogens is 2. The van der Waals surface area contributed by atoms with Gasteiger partial charge in [-0.3, -0.25) is 4.90 Å². The molecule has 10 heteroatoms. The van der Waals surface area contributed by atoms with Crippen LogP contribution in [-0.2, 0) is 11.3 Å². The van der Waals surface area contributed by atoms with Crippen molar-refractivity contribution in [1.82, 2.24) is 19.9 Å². The number of pyridine rings is 1. The minimum Gasteiger partial charge on any atom is -0.373 e. The van der Waals surface area contributed by atoms with Crippen LogP contribution in [0.1, 0.15) is 40.2 Å². The van der Waals surface area contributed by atoms with E-state index >= 15 is 0 Å². The Balaban J connectivity index is 1.34. The Kier molecular flexibility index (Phi) is 6.72. The van der Waals surface area contributed by atoms with E-state index in [1.165, 1.54) is 6.07 Å². The summed E-state index contributed by atoms with van der Waals surface area (Å²) in [5.41, 5.74) is 2.39. The Morgan fingerprint density at radius 1 is 1.16 bits per heavy atom. The predicted molar refractivity (Wildman–Crippen MR) is 141 cm³/mol. The van der Waals surface area contributed by atoms with Gasteiger partial charge < -0.3 is 20.3 Å². The number of nitrogens with one attached hydrogen (secondary N) is 2. The van der Waals surface area contributed by atoms with E-state index in [0.717, 1.165) is 31.4 Å². The molecule has 0 radical (unpaired) electrons. The van der Waals surface area contributed by atoms with Gasteiger partial charge in [0.15, 0.2) is 5.82 Å². The fraction of sp³-hybridized carbons (Fsp3) is 0.444. The molecular formula is C27H33F2N7O. The second-order valence-corrected chi connectivity index (χ2v) is 10.6. The summed E-state index contributed by atoms with van der Waals surface area (Å²) in [7, 11) is 0. The minimum absolute atomic E-state index is 0.0222. The zero-order valence-corrected chi connectivity index (χ0v) is 21.8. The summed E-state index contributed by atoms with van der Waals surface area (Å²) in [6.07, 6.45) is 2.82. The standard InChI is InChI=1S/C27H33F2N7O/c1-16(2)36-17(3)32-25-20(28)10-19(11-22(25)36)24-21(29)13-31-26(34-24)33-23-7-6-18(12-30-23)14-35-8-9-37-27(4,5)15-35/h6-7,10-13,16-17,32H,8-9,14-15H2,1-5H3,(H,30,31,33,34). The first-order valence-corrected chi connectivity index (χ1v) is 12.6. The number of hydrogen-bond acceptors (Lipinski definition) is 8. The maximum atomic E-state index is 15.0. The molecule has 1 saturated heterocycles. The Labute approximate surface area is 216 Å². The molecule has 2 aliphatic heterocycles. The Morgan fingerprint density at radius 3 is 2.68 bits per heavy atom. The Bertz CT molecular complexity index is 1280. The third kappa shape index (κ3) is 5.35. The van der Waals surface area contributed by atoms with Crippen LogP contribution in [0.4, 0.5) is 31.9 Å². The summed E-state index contributed by atoms with van der Waals surface area (Å²) in [4.78, 5) is 17.3. The molecule has 1 fully saturated rings. The molecule has 1 unspecified atom stereocenters. The Hall–Kier alpha value is -3.37. The summed E-state index contributed by atoms with van der Waals surface area (Å²) in [5.74, 6) is -0.361. The van der Waals surface area contributed by atoms with Gasteiger partial charge in [-0.05, 0) is 58.4 Å². The first-order chi connectivity index (χ1) is 17.6. The maximum absolute atomic E-state index is 15.0. The van der Waals surface area contributed by atoms with Crippen LogP contribution >= 0.6 is 0 Å². The largest absolute Gasteiger partial charge is 0.373 e. The van der Waals surface area contributed by atoms with Gasteiger partial charge in [-0.1, -0.05) is 6.07 Å². The van der Waals surface area contributed by atoms with Crippen molar-refractivity contribution in [2.75, 3.05) is 35.2 Å². The van der Waals surface area contributed by atoms with E-state index in [1.807, 2.05) is 32.9 Å². The van der Waals surface area contributed by atoms with Crippen LogP contribution in [0.15, 0.2) is 36.7 Å².